The normalized spacial score (nSPS) is 11.1. The number of nitrogens with two attached hydrogens (primary N) is 1. The Morgan fingerprint density at radius 3 is 2.76 bits per heavy atom. The second kappa shape index (κ2) is 5.83. The van der Waals surface area contributed by atoms with E-state index in [4.69, 9.17) is 15.9 Å². The van der Waals surface area contributed by atoms with Gasteiger partial charge in [0.1, 0.15) is 18.2 Å². The maximum Gasteiger partial charge on any atom is 0.279 e. The van der Waals surface area contributed by atoms with Crippen LogP contribution in [0.5, 0.6) is 5.75 Å². The number of nitrogens with zero attached hydrogens (tertiary/aromatic N) is 2. The van der Waals surface area contributed by atoms with E-state index in [1.54, 1.807) is 24.3 Å². The van der Waals surface area contributed by atoms with Crippen molar-refractivity contribution in [3.05, 3.63) is 36.5 Å². The van der Waals surface area contributed by atoms with Gasteiger partial charge in [-0.1, -0.05) is 12.1 Å². The lowest BCUT2D eigenvalue weighted by atomic mass is 10.3. The van der Waals surface area contributed by atoms with Crippen molar-refractivity contribution in [1.29, 1.82) is 5.41 Å². The Kier molecular flexibility index (Phi) is 4.13. The van der Waals surface area contributed by atoms with E-state index in [2.05, 4.69) is 9.82 Å². The molecule has 1 aromatic heterocycles. The highest BCUT2D eigenvalue weighted by molar-refractivity contribution is 7.92. The van der Waals surface area contributed by atoms with Gasteiger partial charge in [0.05, 0.1) is 11.9 Å². The highest BCUT2D eigenvalue weighted by Gasteiger charge is 2.19. The van der Waals surface area contributed by atoms with Crippen molar-refractivity contribution in [2.24, 2.45) is 12.8 Å². The number of aromatic nitrogens is 2. The first-order valence-electron chi connectivity index (χ1n) is 5.95. The number of hydrogen-bond donors (Lipinski definition) is 3. The number of benzene rings is 1. The van der Waals surface area contributed by atoms with E-state index in [-0.39, 0.29) is 23.2 Å². The number of nitrogens with one attached hydrogen (secondary N) is 2. The molecular weight excluding hydrogens is 294 g/mol. The summed E-state index contributed by atoms with van der Waals surface area (Å²) in [6, 6.07) is 7.90. The molecule has 4 N–H and O–H groups in total. The molecule has 2 aromatic rings. The summed E-state index contributed by atoms with van der Waals surface area (Å²) >= 11 is 0. The molecule has 9 heteroatoms. The molecule has 0 spiro atoms. The molecule has 0 amide bonds. The van der Waals surface area contributed by atoms with Gasteiger partial charge >= 0.3 is 0 Å². The summed E-state index contributed by atoms with van der Waals surface area (Å²) in [6.07, 6.45) is 1.40. The van der Waals surface area contributed by atoms with Gasteiger partial charge in [0, 0.05) is 7.05 Å². The minimum Gasteiger partial charge on any atom is -0.484 e. The predicted molar refractivity (Wildman–Crippen MR) is 77.9 cm³/mol. The Morgan fingerprint density at radius 2 is 2.14 bits per heavy atom. The van der Waals surface area contributed by atoms with E-state index in [1.807, 2.05) is 0 Å². The van der Waals surface area contributed by atoms with E-state index in [0.29, 0.717) is 5.75 Å². The standard InChI is InChI=1S/C12H15N5O3S/c1-17-12(6-7-15-17)21(18,19)16-9-4-2-3-5-10(9)20-8-11(13)14/h2-7,16H,8H2,1H3,(H3,13,14). The lowest BCUT2D eigenvalue weighted by Gasteiger charge is -2.13. The summed E-state index contributed by atoms with van der Waals surface area (Å²) in [5.74, 6) is 0.137. The summed E-state index contributed by atoms with van der Waals surface area (Å²) in [5.41, 5.74) is 5.49. The molecule has 0 aliphatic heterocycles. The monoisotopic (exact) mass is 309 g/mol. The van der Waals surface area contributed by atoms with Crippen LogP contribution in [0, 0.1) is 5.41 Å². The van der Waals surface area contributed by atoms with Crippen LogP contribution in [0.2, 0.25) is 0 Å². The Balaban J connectivity index is 2.27. The van der Waals surface area contributed by atoms with Crippen LogP contribution in [0.1, 0.15) is 0 Å². The number of para-hydroxylation sites is 2. The molecule has 0 saturated carbocycles. The number of anilines is 1. The number of hydrogen-bond acceptors (Lipinski definition) is 5. The van der Waals surface area contributed by atoms with Crippen molar-refractivity contribution >= 4 is 21.5 Å². The maximum absolute atomic E-state index is 12.3. The van der Waals surface area contributed by atoms with Gasteiger partial charge in [-0.3, -0.25) is 14.8 Å². The van der Waals surface area contributed by atoms with Gasteiger partial charge in [0.25, 0.3) is 10.0 Å². The average Bonchev–Trinajstić information content (AvgIpc) is 2.84. The van der Waals surface area contributed by atoms with Gasteiger partial charge in [-0.15, -0.1) is 0 Å². The predicted octanol–water partition coefficient (Wildman–Crippen LogP) is 0.536. The largest absolute Gasteiger partial charge is 0.484 e. The molecule has 0 aliphatic rings. The van der Waals surface area contributed by atoms with Crippen LogP contribution in [0.25, 0.3) is 0 Å². The number of sulfonamides is 1. The van der Waals surface area contributed by atoms with Crippen LogP contribution in [0.4, 0.5) is 5.69 Å². The molecule has 0 unspecified atom stereocenters. The first kappa shape index (κ1) is 14.9. The lowest BCUT2D eigenvalue weighted by molar-refractivity contribution is 0.376. The summed E-state index contributed by atoms with van der Waals surface area (Å²) in [6.45, 7) is -0.121. The third-order valence-corrected chi connectivity index (χ3v) is 4.01. The van der Waals surface area contributed by atoms with Crippen molar-refractivity contribution in [2.45, 2.75) is 5.03 Å². The van der Waals surface area contributed by atoms with Crippen molar-refractivity contribution < 1.29 is 13.2 Å². The Morgan fingerprint density at radius 1 is 1.43 bits per heavy atom. The van der Waals surface area contributed by atoms with Crippen molar-refractivity contribution in [2.75, 3.05) is 11.3 Å². The molecule has 0 saturated heterocycles. The molecule has 2 rings (SSSR count). The Labute approximate surface area is 122 Å². The van der Waals surface area contributed by atoms with E-state index in [9.17, 15) is 8.42 Å². The third-order valence-electron chi connectivity index (χ3n) is 2.57. The van der Waals surface area contributed by atoms with Crippen LogP contribution < -0.4 is 15.2 Å². The second-order valence-electron chi connectivity index (χ2n) is 4.21. The summed E-state index contributed by atoms with van der Waals surface area (Å²) in [5, 5.41) is 11.0. The van der Waals surface area contributed by atoms with Gasteiger partial charge in [-0.25, -0.2) is 0 Å². The van der Waals surface area contributed by atoms with E-state index >= 15 is 0 Å². The molecule has 0 fully saturated rings. The van der Waals surface area contributed by atoms with E-state index in [0.717, 1.165) is 0 Å². The molecule has 0 aliphatic carbocycles. The number of amidine groups is 1. The van der Waals surface area contributed by atoms with Gasteiger partial charge in [0.2, 0.25) is 0 Å². The quantitative estimate of drug-likeness (QED) is 0.530. The molecule has 0 radical (unpaired) electrons. The van der Waals surface area contributed by atoms with Gasteiger partial charge in [-0.2, -0.15) is 13.5 Å². The van der Waals surface area contributed by atoms with Crippen molar-refractivity contribution in [3.63, 3.8) is 0 Å². The molecule has 0 atom stereocenters. The first-order valence-corrected chi connectivity index (χ1v) is 7.44. The van der Waals surface area contributed by atoms with Crippen LogP contribution in [-0.2, 0) is 17.1 Å². The molecule has 0 bridgehead atoms. The SMILES string of the molecule is Cn1nccc1S(=O)(=O)Nc1ccccc1OCC(=N)N. The maximum atomic E-state index is 12.3. The minimum absolute atomic E-state index is 0.0314. The zero-order valence-corrected chi connectivity index (χ0v) is 12.1. The first-order chi connectivity index (χ1) is 9.90. The number of rotatable bonds is 6. The topological polar surface area (TPSA) is 123 Å². The zero-order valence-electron chi connectivity index (χ0n) is 11.3. The molecule has 1 heterocycles. The smallest absolute Gasteiger partial charge is 0.279 e. The fourth-order valence-corrected chi connectivity index (χ4v) is 2.85. The highest BCUT2D eigenvalue weighted by atomic mass is 32.2. The van der Waals surface area contributed by atoms with Crippen LogP contribution in [0.3, 0.4) is 0 Å². The molecule has 21 heavy (non-hydrogen) atoms. The van der Waals surface area contributed by atoms with Crippen molar-refractivity contribution in [1.82, 2.24) is 9.78 Å². The van der Waals surface area contributed by atoms with Crippen molar-refractivity contribution in [3.8, 4) is 5.75 Å². The molecule has 1 aromatic carbocycles. The zero-order chi connectivity index (χ0) is 15.5. The van der Waals surface area contributed by atoms with E-state index < -0.39 is 10.0 Å². The molecular formula is C12H15N5O3S. The van der Waals surface area contributed by atoms with Gasteiger partial charge in [0.15, 0.2) is 5.03 Å². The summed E-state index contributed by atoms with van der Waals surface area (Å²) < 4.78 is 33.5. The summed E-state index contributed by atoms with van der Waals surface area (Å²) in [4.78, 5) is 0. The van der Waals surface area contributed by atoms with Crippen LogP contribution in [0.15, 0.2) is 41.6 Å². The van der Waals surface area contributed by atoms with E-state index in [1.165, 1.54) is 24.0 Å². The Bertz CT molecular complexity index is 754. The number of aryl methyl sites for hydroxylation is 1. The number of ether oxygens (including phenoxy) is 1. The third kappa shape index (κ3) is 3.51. The molecule has 8 nitrogen and oxygen atoms in total. The lowest BCUT2D eigenvalue weighted by Crippen LogP contribution is -2.21. The van der Waals surface area contributed by atoms with Crippen LogP contribution >= 0.6 is 0 Å². The highest BCUT2D eigenvalue weighted by Crippen LogP contribution is 2.26. The Hall–Kier alpha value is -2.55. The second-order valence-corrected chi connectivity index (χ2v) is 5.84. The summed E-state index contributed by atoms with van der Waals surface area (Å²) in [7, 11) is -2.24. The van der Waals surface area contributed by atoms with Gasteiger partial charge in [-0.05, 0) is 18.2 Å². The molecule has 112 valence electrons. The van der Waals surface area contributed by atoms with Crippen LogP contribution in [-0.4, -0.2) is 30.6 Å². The fraction of sp³-hybridized carbons (Fsp3) is 0.167. The fourth-order valence-electron chi connectivity index (χ4n) is 1.65. The van der Waals surface area contributed by atoms with Gasteiger partial charge < -0.3 is 10.5 Å². The minimum atomic E-state index is -3.78. The average molecular weight is 309 g/mol.